The Hall–Kier alpha value is -0.570. The molecule has 2 aliphatic carbocycles. The van der Waals surface area contributed by atoms with E-state index in [2.05, 4.69) is 18.7 Å². The Kier molecular flexibility index (Phi) is 4.06. The fourth-order valence-corrected chi connectivity index (χ4v) is 4.94. The third kappa shape index (κ3) is 2.86. The number of aliphatic hydroxyl groups is 1. The highest BCUT2D eigenvalue weighted by Crippen LogP contribution is 2.44. The second-order valence-electron chi connectivity index (χ2n) is 8.37. The summed E-state index contributed by atoms with van der Waals surface area (Å²) < 4.78 is 0. The number of carbonyl (C=O) groups is 1. The largest absolute Gasteiger partial charge is 0.389 e. The normalized spacial score (nSPS) is 39.7. The molecule has 3 unspecified atom stereocenters. The van der Waals surface area contributed by atoms with Crippen LogP contribution in [0.3, 0.4) is 0 Å². The molecular weight excluding hydrogens is 262 g/mol. The zero-order valence-corrected chi connectivity index (χ0v) is 13.7. The molecule has 0 spiro atoms. The van der Waals surface area contributed by atoms with Crippen LogP contribution in [0.1, 0.15) is 71.6 Å². The van der Waals surface area contributed by atoms with Gasteiger partial charge in [-0.15, -0.1) is 0 Å². The Bertz CT molecular complexity index is 406. The van der Waals surface area contributed by atoms with Gasteiger partial charge in [-0.05, 0) is 37.5 Å². The van der Waals surface area contributed by atoms with Crippen LogP contribution >= 0.6 is 0 Å². The summed E-state index contributed by atoms with van der Waals surface area (Å²) in [5.74, 6) is 0.879. The Morgan fingerprint density at radius 3 is 2.52 bits per heavy atom. The predicted octanol–water partition coefficient (Wildman–Crippen LogP) is 3.36. The molecule has 1 amide bonds. The van der Waals surface area contributed by atoms with E-state index in [1.807, 2.05) is 0 Å². The molecule has 3 nitrogen and oxygen atoms in total. The Balaban J connectivity index is 1.68. The minimum atomic E-state index is -0.475. The summed E-state index contributed by atoms with van der Waals surface area (Å²) in [5, 5.41) is 10.8. The van der Waals surface area contributed by atoms with Gasteiger partial charge in [-0.25, -0.2) is 0 Å². The zero-order valence-electron chi connectivity index (χ0n) is 13.7. The molecule has 0 radical (unpaired) electrons. The van der Waals surface area contributed by atoms with Gasteiger partial charge < -0.3 is 10.0 Å². The Morgan fingerprint density at radius 2 is 1.76 bits per heavy atom. The third-order valence-corrected chi connectivity index (χ3v) is 6.54. The first-order valence-corrected chi connectivity index (χ1v) is 8.94. The van der Waals surface area contributed by atoms with Crippen LogP contribution in [0.2, 0.25) is 0 Å². The lowest BCUT2D eigenvalue weighted by Gasteiger charge is -2.49. The van der Waals surface area contributed by atoms with Gasteiger partial charge in [0.2, 0.25) is 5.91 Å². The number of rotatable bonds is 1. The van der Waals surface area contributed by atoms with Crippen LogP contribution in [0.4, 0.5) is 0 Å². The minimum absolute atomic E-state index is 0.148. The van der Waals surface area contributed by atoms with Gasteiger partial charge in [0, 0.05) is 24.9 Å². The molecule has 0 bridgehead atoms. The maximum atomic E-state index is 13.0. The fraction of sp³-hybridized carbons (Fsp3) is 0.944. The van der Waals surface area contributed by atoms with Gasteiger partial charge in [-0.3, -0.25) is 4.79 Å². The fourth-order valence-electron chi connectivity index (χ4n) is 4.94. The number of piperidine rings is 1. The van der Waals surface area contributed by atoms with E-state index in [-0.39, 0.29) is 11.3 Å². The van der Waals surface area contributed by atoms with Crippen molar-refractivity contribution in [3.05, 3.63) is 0 Å². The van der Waals surface area contributed by atoms with Gasteiger partial charge in [0.15, 0.2) is 0 Å². The summed E-state index contributed by atoms with van der Waals surface area (Å²) in [6.07, 6.45) is 9.86. The first kappa shape index (κ1) is 15.3. The molecule has 120 valence electrons. The van der Waals surface area contributed by atoms with E-state index in [1.165, 1.54) is 25.7 Å². The molecule has 21 heavy (non-hydrogen) atoms. The number of likely N-dealkylation sites (tertiary alicyclic amines) is 1. The predicted molar refractivity (Wildman–Crippen MR) is 83.8 cm³/mol. The molecule has 3 aliphatic rings. The molecule has 3 heteroatoms. The summed E-state index contributed by atoms with van der Waals surface area (Å²) in [6.45, 7) is 6.07. The van der Waals surface area contributed by atoms with Gasteiger partial charge in [0.25, 0.3) is 0 Å². The molecule has 0 aromatic rings. The van der Waals surface area contributed by atoms with Crippen molar-refractivity contribution in [2.75, 3.05) is 13.1 Å². The van der Waals surface area contributed by atoms with Crippen LogP contribution in [-0.2, 0) is 4.79 Å². The van der Waals surface area contributed by atoms with Gasteiger partial charge in [0.1, 0.15) is 0 Å². The van der Waals surface area contributed by atoms with Crippen LogP contribution in [0.5, 0.6) is 0 Å². The van der Waals surface area contributed by atoms with Crippen molar-refractivity contribution in [2.45, 2.75) is 77.2 Å². The number of carbonyl (C=O) groups excluding carboxylic acids is 1. The lowest BCUT2D eigenvalue weighted by Crippen LogP contribution is -2.56. The van der Waals surface area contributed by atoms with E-state index in [1.54, 1.807) is 0 Å². The summed E-state index contributed by atoms with van der Waals surface area (Å²) in [4.78, 5) is 15.1. The molecule has 1 saturated heterocycles. The van der Waals surface area contributed by atoms with Crippen molar-refractivity contribution in [2.24, 2.45) is 17.3 Å². The SMILES string of the molecule is CC1(C)CCCCC1C(=O)N1CCC2(O)CCCCC2C1. The van der Waals surface area contributed by atoms with Crippen LogP contribution in [0, 0.1) is 17.3 Å². The molecule has 3 fully saturated rings. The third-order valence-electron chi connectivity index (χ3n) is 6.54. The molecule has 0 aromatic carbocycles. The molecule has 1 aliphatic heterocycles. The van der Waals surface area contributed by atoms with Crippen LogP contribution in [0.15, 0.2) is 0 Å². The van der Waals surface area contributed by atoms with Crippen molar-refractivity contribution < 1.29 is 9.90 Å². The number of hydrogen-bond acceptors (Lipinski definition) is 2. The van der Waals surface area contributed by atoms with Crippen molar-refractivity contribution in [3.63, 3.8) is 0 Å². The highest BCUT2D eigenvalue weighted by atomic mass is 16.3. The van der Waals surface area contributed by atoms with Crippen LogP contribution in [-0.4, -0.2) is 34.6 Å². The first-order valence-electron chi connectivity index (χ1n) is 8.94. The molecule has 3 rings (SSSR count). The minimum Gasteiger partial charge on any atom is -0.389 e. The lowest BCUT2D eigenvalue weighted by atomic mass is 9.67. The average molecular weight is 293 g/mol. The highest BCUT2D eigenvalue weighted by Gasteiger charge is 2.46. The smallest absolute Gasteiger partial charge is 0.226 e. The lowest BCUT2D eigenvalue weighted by molar-refractivity contribution is -0.152. The van der Waals surface area contributed by atoms with Crippen molar-refractivity contribution in [1.82, 2.24) is 4.90 Å². The van der Waals surface area contributed by atoms with Gasteiger partial charge in [-0.1, -0.05) is 39.5 Å². The number of fused-ring (bicyclic) bond motifs is 1. The summed E-state index contributed by atoms with van der Waals surface area (Å²) in [7, 11) is 0. The maximum Gasteiger partial charge on any atom is 0.226 e. The molecular formula is C18H31NO2. The Labute approximate surface area is 129 Å². The quantitative estimate of drug-likeness (QED) is 0.805. The molecule has 1 heterocycles. The zero-order chi connectivity index (χ0) is 15.1. The summed E-state index contributed by atoms with van der Waals surface area (Å²) in [5.41, 5.74) is -0.327. The molecule has 1 N–H and O–H groups in total. The highest BCUT2D eigenvalue weighted by molar-refractivity contribution is 5.80. The Morgan fingerprint density at radius 1 is 1.05 bits per heavy atom. The van der Waals surface area contributed by atoms with Gasteiger partial charge >= 0.3 is 0 Å². The number of nitrogens with zero attached hydrogens (tertiary/aromatic N) is 1. The molecule has 0 aromatic heterocycles. The van der Waals surface area contributed by atoms with Gasteiger partial charge in [0.05, 0.1) is 5.60 Å². The molecule has 3 atom stereocenters. The average Bonchev–Trinajstić information content (AvgIpc) is 2.45. The second-order valence-corrected chi connectivity index (χ2v) is 8.37. The van der Waals surface area contributed by atoms with Crippen molar-refractivity contribution >= 4 is 5.91 Å². The van der Waals surface area contributed by atoms with Gasteiger partial charge in [-0.2, -0.15) is 0 Å². The maximum absolute atomic E-state index is 13.0. The van der Waals surface area contributed by atoms with E-state index in [4.69, 9.17) is 0 Å². The van der Waals surface area contributed by atoms with E-state index in [0.717, 1.165) is 45.2 Å². The van der Waals surface area contributed by atoms with Crippen LogP contribution < -0.4 is 0 Å². The standard InChI is InChI=1S/C18H31NO2/c1-17(2)9-5-4-8-15(17)16(20)19-12-11-18(21)10-6-3-7-14(18)13-19/h14-15,21H,3-13H2,1-2H3. The topological polar surface area (TPSA) is 40.5 Å². The van der Waals surface area contributed by atoms with Crippen molar-refractivity contribution in [3.8, 4) is 0 Å². The first-order chi connectivity index (χ1) is 9.92. The monoisotopic (exact) mass is 293 g/mol. The van der Waals surface area contributed by atoms with E-state index < -0.39 is 5.60 Å². The number of amides is 1. The number of hydrogen-bond donors (Lipinski definition) is 1. The summed E-state index contributed by atoms with van der Waals surface area (Å²) in [6, 6.07) is 0. The van der Waals surface area contributed by atoms with E-state index in [0.29, 0.717) is 11.8 Å². The van der Waals surface area contributed by atoms with E-state index >= 15 is 0 Å². The molecule has 2 saturated carbocycles. The van der Waals surface area contributed by atoms with Crippen molar-refractivity contribution in [1.29, 1.82) is 0 Å². The van der Waals surface area contributed by atoms with E-state index in [9.17, 15) is 9.90 Å². The second kappa shape index (κ2) is 5.57. The summed E-state index contributed by atoms with van der Waals surface area (Å²) >= 11 is 0. The van der Waals surface area contributed by atoms with Crippen LogP contribution in [0.25, 0.3) is 0 Å².